The largest absolute Gasteiger partial charge is 0.506 e. The summed E-state index contributed by atoms with van der Waals surface area (Å²) >= 11 is 6.50. The topological polar surface area (TPSA) is 87.5 Å². The molecule has 0 spiro atoms. The summed E-state index contributed by atoms with van der Waals surface area (Å²) in [5.74, 6) is -0.450. The summed E-state index contributed by atoms with van der Waals surface area (Å²) in [5, 5.41) is 13.6. The average Bonchev–Trinajstić information content (AvgIpc) is 2.44. The zero-order valence-corrected chi connectivity index (χ0v) is 13.1. The van der Waals surface area contributed by atoms with Gasteiger partial charge in [0, 0.05) is 22.4 Å². The van der Waals surface area contributed by atoms with E-state index in [4.69, 9.17) is 0 Å². The first kappa shape index (κ1) is 14.6. The molecule has 102 valence electrons. The zero-order valence-electron chi connectivity index (χ0n) is 9.92. The Hall–Kier alpha value is -1.80. The SMILES string of the molecule is O=C(NN=Cc1cc(Br)cc(Br)c1O)c1cnccn1. The van der Waals surface area contributed by atoms with Gasteiger partial charge in [0.05, 0.1) is 16.9 Å². The molecule has 1 heterocycles. The highest BCUT2D eigenvalue weighted by Crippen LogP contribution is 2.30. The van der Waals surface area contributed by atoms with Crippen LogP contribution in [0.5, 0.6) is 5.75 Å². The lowest BCUT2D eigenvalue weighted by Crippen LogP contribution is -2.19. The Morgan fingerprint density at radius 1 is 1.35 bits per heavy atom. The van der Waals surface area contributed by atoms with Gasteiger partial charge in [0.1, 0.15) is 11.4 Å². The van der Waals surface area contributed by atoms with Gasteiger partial charge in [-0.15, -0.1) is 0 Å². The Morgan fingerprint density at radius 2 is 2.15 bits per heavy atom. The Balaban J connectivity index is 2.10. The van der Waals surface area contributed by atoms with Crippen molar-refractivity contribution in [1.82, 2.24) is 15.4 Å². The lowest BCUT2D eigenvalue weighted by molar-refractivity contribution is 0.0949. The zero-order chi connectivity index (χ0) is 14.5. The minimum atomic E-state index is -0.483. The van der Waals surface area contributed by atoms with Crippen molar-refractivity contribution in [2.45, 2.75) is 0 Å². The van der Waals surface area contributed by atoms with Crippen molar-refractivity contribution in [3.8, 4) is 5.75 Å². The maximum absolute atomic E-state index is 11.6. The van der Waals surface area contributed by atoms with Crippen molar-refractivity contribution in [2.75, 3.05) is 0 Å². The van der Waals surface area contributed by atoms with Gasteiger partial charge in [0.25, 0.3) is 5.91 Å². The van der Waals surface area contributed by atoms with Crippen molar-refractivity contribution >= 4 is 44.0 Å². The predicted molar refractivity (Wildman–Crippen MR) is 80.6 cm³/mol. The van der Waals surface area contributed by atoms with Crippen LogP contribution in [0.1, 0.15) is 16.1 Å². The molecule has 8 heteroatoms. The van der Waals surface area contributed by atoms with Gasteiger partial charge in [0.2, 0.25) is 0 Å². The standard InChI is InChI=1S/C12H8Br2N4O2/c13-8-3-7(11(19)9(14)4-8)5-17-18-12(20)10-6-15-1-2-16-10/h1-6,19H,(H,18,20). The number of halogens is 2. The lowest BCUT2D eigenvalue weighted by Gasteiger charge is -2.03. The van der Waals surface area contributed by atoms with E-state index in [1.165, 1.54) is 24.8 Å². The van der Waals surface area contributed by atoms with Gasteiger partial charge >= 0.3 is 0 Å². The molecule has 0 aliphatic rings. The van der Waals surface area contributed by atoms with Crippen LogP contribution in [0, 0.1) is 0 Å². The summed E-state index contributed by atoms with van der Waals surface area (Å²) in [5.41, 5.74) is 2.91. The van der Waals surface area contributed by atoms with Crippen molar-refractivity contribution in [2.24, 2.45) is 5.10 Å². The van der Waals surface area contributed by atoms with E-state index in [9.17, 15) is 9.90 Å². The van der Waals surface area contributed by atoms with E-state index in [0.717, 1.165) is 4.47 Å². The second-order valence-corrected chi connectivity index (χ2v) is 5.39. The van der Waals surface area contributed by atoms with E-state index in [-0.39, 0.29) is 11.4 Å². The third-order valence-electron chi connectivity index (χ3n) is 2.22. The first-order chi connectivity index (χ1) is 9.58. The molecular weight excluding hydrogens is 392 g/mol. The van der Waals surface area contributed by atoms with Crippen molar-refractivity contribution in [3.05, 3.63) is 50.9 Å². The number of nitrogens with one attached hydrogen (secondary N) is 1. The maximum atomic E-state index is 11.6. The fourth-order valence-electron chi connectivity index (χ4n) is 1.32. The fraction of sp³-hybridized carbons (Fsp3) is 0. The molecule has 0 saturated carbocycles. The lowest BCUT2D eigenvalue weighted by atomic mass is 10.2. The third kappa shape index (κ3) is 3.61. The van der Waals surface area contributed by atoms with Crippen molar-refractivity contribution < 1.29 is 9.90 Å². The maximum Gasteiger partial charge on any atom is 0.291 e. The quantitative estimate of drug-likeness (QED) is 0.613. The molecule has 6 nitrogen and oxygen atoms in total. The molecule has 20 heavy (non-hydrogen) atoms. The van der Waals surface area contributed by atoms with Crippen molar-refractivity contribution in [1.29, 1.82) is 0 Å². The van der Waals surface area contributed by atoms with Crippen LogP contribution in [0.2, 0.25) is 0 Å². The van der Waals surface area contributed by atoms with Crippen LogP contribution in [0.15, 0.2) is 44.8 Å². The Morgan fingerprint density at radius 3 is 2.85 bits per heavy atom. The molecule has 0 radical (unpaired) electrons. The number of phenols is 1. The molecule has 2 rings (SSSR count). The van der Waals surface area contributed by atoms with E-state index >= 15 is 0 Å². The number of carbonyl (C=O) groups excluding carboxylic acids is 1. The molecular formula is C12H8Br2N4O2. The first-order valence-electron chi connectivity index (χ1n) is 5.35. The van der Waals surface area contributed by atoms with Gasteiger partial charge in [0.15, 0.2) is 0 Å². The number of aromatic hydroxyl groups is 1. The number of nitrogens with zero attached hydrogens (tertiary/aromatic N) is 3. The average molecular weight is 400 g/mol. The van der Waals surface area contributed by atoms with Gasteiger partial charge in [-0.05, 0) is 28.1 Å². The summed E-state index contributed by atoms with van der Waals surface area (Å²) in [7, 11) is 0. The first-order valence-corrected chi connectivity index (χ1v) is 6.94. The highest BCUT2D eigenvalue weighted by atomic mass is 79.9. The van der Waals surface area contributed by atoms with Crippen LogP contribution < -0.4 is 5.43 Å². The van der Waals surface area contributed by atoms with E-state index < -0.39 is 5.91 Å². The summed E-state index contributed by atoms with van der Waals surface area (Å²) in [6.07, 6.45) is 5.55. The Labute approximate surface area is 131 Å². The van der Waals surface area contributed by atoms with Gasteiger partial charge < -0.3 is 5.11 Å². The van der Waals surface area contributed by atoms with Crippen LogP contribution in [0.4, 0.5) is 0 Å². The van der Waals surface area contributed by atoms with Gasteiger partial charge in [-0.1, -0.05) is 15.9 Å². The number of amides is 1. The van der Waals surface area contributed by atoms with E-state index in [2.05, 4.69) is 52.4 Å². The molecule has 0 aliphatic carbocycles. The smallest absolute Gasteiger partial charge is 0.291 e. The second-order valence-electron chi connectivity index (χ2n) is 3.62. The third-order valence-corrected chi connectivity index (χ3v) is 3.29. The highest BCUT2D eigenvalue weighted by molar-refractivity contribution is 9.11. The number of carbonyl (C=O) groups is 1. The number of hydrazone groups is 1. The van der Waals surface area contributed by atoms with E-state index in [1.54, 1.807) is 12.1 Å². The number of aromatic nitrogens is 2. The van der Waals surface area contributed by atoms with E-state index in [1.807, 2.05) is 0 Å². The molecule has 0 saturated heterocycles. The molecule has 0 bridgehead atoms. The molecule has 2 N–H and O–H groups in total. The molecule has 1 amide bonds. The Bertz CT molecular complexity index is 662. The predicted octanol–water partition coefficient (Wildman–Crippen LogP) is 2.47. The fourth-order valence-corrected chi connectivity index (χ4v) is 2.58. The minimum Gasteiger partial charge on any atom is -0.506 e. The summed E-state index contributed by atoms with van der Waals surface area (Å²) in [4.78, 5) is 19.3. The van der Waals surface area contributed by atoms with Gasteiger partial charge in [-0.25, -0.2) is 10.4 Å². The summed E-state index contributed by atoms with van der Waals surface area (Å²) < 4.78 is 1.29. The molecule has 1 aromatic heterocycles. The van der Waals surface area contributed by atoms with Crippen molar-refractivity contribution in [3.63, 3.8) is 0 Å². The number of rotatable bonds is 3. The molecule has 0 fully saturated rings. The minimum absolute atomic E-state index is 0.0331. The molecule has 0 atom stereocenters. The van der Waals surface area contributed by atoms with Crippen LogP contribution >= 0.6 is 31.9 Å². The van der Waals surface area contributed by atoms with Gasteiger partial charge in [-0.3, -0.25) is 9.78 Å². The number of phenolic OH excluding ortho intramolecular Hbond substituents is 1. The highest BCUT2D eigenvalue weighted by Gasteiger charge is 2.07. The van der Waals surface area contributed by atoms with E-state index in [0.29, 0.717) is 10.0 Å². The van der Waals surface area contributed by atoms with Crippen LogP contribution in [0.25, 0.3) is 0 Å². The van der Waals surface area contributed by atoms with Crippen LogP contribution in [-0.4, -0.2) is 27.2 Å². The van der Waals surface area contributed by atoms with Crippen LogP contribution in [-0.2, 0) is 0 Å². The normalized spacial score (nSPS) is 10.7. The van der Waals surface area contributed by atoms with Gasteiger partial charge in [-0.2, -0.15) is 5.10 Å². The summed E-state index contributed by atoms with van der Waals surface area (Å²) in [6, 6.07) is 3.36. The van der Waals surface area contributed by atoms with Crippen LogP contribution in [0.3, 0.4) is 0 Å². The molecule has 0 unspecified atom stereocenters. The summed E-state index contributed by atoms with van der Waals surface area (Å²) in [6.45, 7) is 0. The number of hydrogen-bond acceptors (Lipinski definition) is 5. The number of benzene rings is 1. The second kappa shape index (κ2) is 6.58. The molecule has 2 aromatic rings. The monoisotopic (exact) mass is 398 g/mol. The molecule has 0 aliphatic heterocycles. The number of hydrogen-bond donors (Lipinski definition) is 2. The Kier molecular flexibility index (Phi) is 4.80. The molecule has 1 aromatic carbocycles.